The molecule has 0 bridgehead atoms. The molecule has 0 amide bonds. The summed E-state index contributed by atoms with van der Waals surface area (Å²) in [5, 5.41) is 14.0. The number of nitrogens with one attached hydrogen (secondary N) is 1. The summed E-state index contributed by atoms with van der Waals surface area (Å²) >= 11 is 9.94. The molecule has 10 heteroatoms. The molecular weight excluding hydrogens is 312 g/mol. The molecule has 8 nitrogen and oxygen atoms in total. The minimum Gasteiger partial charge on any atom is -0.393 e. The van der Waals surface area contributed by atoms with Crippen LogP contribution >= 0.6 is 24.4 Å². The zero-order valence-electron chi connectivity index (χ0n) is 11.4. The summed E-state index contributed by atoms with van der Waals surface area (Å²) in [6, 6.07) is -0.197. The molecule has 0 fully saturated rings. The predicted octanol–water partition coefficient (Wildman–Crippen LogP) is 0.409. The third-order valence-corrected chi connectivity index (χ3v) is 3.60. The molecule has 1 heterocycles. The lowest BCUT2D eigenvalue weighted by Gasteiger charge is -2.19. The second-order valence-corrected chi connectivity index (χ2v) is 5.27. The molecule has 0 aliphatic carbocycles. The fourth-order valence-corrected chi connectivity index (χ4v) is 2.38. The molecule has 0 aliphatic rings. The van der Waals surface area contributed by atoms with E-state index < -0.39 is 10.8 Å². The molecule has 114 valence electrons. The first-order valence-corrected chi connectivity index (χ1v) is 6.90. The Morgan fingerprint density at radius 2 is 2.10 bits per heavy atom. The molecule has 0 aliphatic heterocycles. The highest BCUT2D eigenvalue weighted by atomic mass is 32.1. The Bertz CT molecular complexity index is 553. The fraction of sp³-hybridized carbons (Fsp3) is 0.455. The van der Waals surface area contributed by atoms with E-state index >= 15 is 0 Å². The summed E-state index contributed by atoms with van der Waals surface area (Å²) < 4.78 is 0. The number of hydrogen-bond acceptors (Lipinski definition) is 7. The van der Waals surface area contributed by atoms with Gasteiger partial charge in [-0.2, -0.15) is 0 Å². The highest BCUT2D eigenvalue weighted by Gasteiger charge is 2.27. The maximum absolute atomic E-state index is 11.0. The molecule has 1 aromatic rings. The third-order valence-electron chi connectivity index (χ3n) is 3.03. The standard InChI is InChI=1S/C11H16N6O2S2/c1-14-7(11(13)21)3-2-6(10(12)20)9-8(17(18)19)4-15-5-16-9/h4-7,14H,2-3H2,1H3,(H2,12,20)(H2,13,21). The number of likely N-dealkylation sites (N-methyl/N-ethyl adjacent to an activating group) is 1. The number of nitro groups is 1. The lowest BCUT2D eigenvalue weighted by molar-refractivity contribution is -0.386. The van der Waals surface area contributed by atoms with Crippen molar-refractivity contribution in [2.24, 2.45) is 11.5 Å². The van der Waals surface area contributed by atoms with E-state index in [-0.39, 0.29) is 22.4 Å². The van der Waals surface area contributed by atoms with Crippen LogP contribution in [-0.2, 0) is 0 Å². The van der Waals surface area contributed by atoms with Crippen molar-refractivity contribution >= 4 is 40.1 Å². The Kier molecular flexibility index (Phi) is 6.46. The van der Waals surface area contributed by atoms with Gasteiger partial charge < -0.3 is 16.8 Å². The number of thiocarbonyl (C=S) groups is 2. The van der Waals surface area contributed by atoms with Gasteiger partial charge in [-0.25, -0.2) is 9.97 Å². The van der Waals surface area contributed by atoms with Gasteiger partial charge in [0.25, 0.3) is 0 Å². The van der Waals surface area contributed by atoms with Crippen LogP contribution in [0.2, 0.25) is 0 Å². The first kappa shape index (κ1) is 17.3. The van der Waals surface area contributed by atoms with Crippen molar-refractivity contribution in [1.82, 2.24) is 15.3 Å². The molecule has 1 aromatic heterocycles. The summed E-state index contributed by atoms with van der Waals surface area (Å²) in [6.45, 7) is 0. The lowest BCUT2D eigenvalue weighted by Crippen LogP contribution is -2.38. The van der Waals surface area contributed by atoms with Crippen LogP contribution in [0.3, 0.4) is 0 Å². The van der Waals surface area contributed by atoms with Crippen molar-refractivity contribution in [1.29, 1.82) is 0 Å². The Hall–Kier alpha value is -1.78. The molecule has 21 heavy (non-hydrogen) atoms. The SMILES string of the molecule is CNC(CCC(C(N)=S)c1ncncc1[N+](=O)[O-])C(N)=S. The number of hydrogen-bond donors (Lipinski definition) is 3. The maximum atomic E-state index is 11.0. The molecular formula is C11H16N6O2S2. The van der Waals surface area contributed by atoms with Gasteiger partial charge in [-0.3, -0.25) is 10.1 Å². The van der Waals surface area contributed by atoms with Crippen molar-refractivity contribution in [2.45, 2.75) is 24.8 Å². The molecule has 2 unspecified atom stereocenters. The predicted molar refractivity (Wildman–Crippen MR) is 87.1 cm³/mol. The number of rotatable bonds is 8. The molecule has 5 N–H and O–H groups in total. The van der Waals surface area contributed by atoms with Crippen LogP contribution in [0.5, 0.6) is 0 Å². The van der Waals surface area contributed by atoms with E-state index in [9.17, 15) is 10.1 Å². The van der Waals surface area contributed by atoms with Crippen molar-refractivity contribution in [3.8, 4) is 0 Å². The summed E-state index contributed by atoms with van der Waals surface area (Å²) in [6.07, 6.45) is 3.35. The lowest BCUT2D eigenvalue weighted by atomic mass is 9.95. The Morgan fingerprint density at radius 3 is 2.57 bits per heavy atom. The molecule has 0 radical (unpaired) electrons. The van der Waals surface area contributed by atoms with Crippen molar-refractivity contribution in [3.05, 3.63) is 28.3 Å². The Morgan fingerprint density at radius 1 is 1.43 bits per heavy atom. The average Bonchev–Trinajstić information content (AvgIpc) is 2.42. The van der Waals surface area contributed by atoms with Crippen LogP contribution in [0, 0.1) is 10.1 Å². The topological polar surface area (TPSA) is 133 Å². The van der Waals surface area contributed by atoms with Gasteiger partial charge >= 0.3 is 5.69 Å². The maximum Gasteiger partial charge on any atom is 0.309 e. The molecule has 0 spiro atoms. The normalized spacial score (nSPS) is 13.4. The van der Waals surface area contributed by atoms with Gasteiger partial charge in [-0.05, 0) is 19.9 Å². The fourth-order valence-electron chi connectivity index (χ4n) is 1.92. The zero-order valence-corrected chi connectivity index (χ0v) is 13.0. The van der Waals surface area contributed by atoms with E-state index in [1.165, 1.54) is 6.33 Å². The van der Waals surface area contributed by atoms with E-state index in [2.05, 4.69) is 15.3 Å². The van der Waals surface area contributed by atoms with Crippen molar-refractivity contribution in [2.75, 3.05) is 7.05 Å². The second kappa shape index (κ2) is 7.86. The molecule has 0 saturated carbocycles. The highest BCUT2D eigenvalue weighted by Crippen LogP contribution is 2.27. The minimum atomic E-state index is -0.552. The smallest absolute Gasteiger partial charge is 0.309 e. The van der Waals surface area contributed by atoms with Crippen molar-refractivity contribution < 1.29 is 4.92 Å². The van der Waals surface area contributed by atoms with Crippen LogP contribution in [-0.4, -0.2) is 38.0 Å². The van der Waals surface area contributed by atoms with Gasteiger partial charge in [0, 0.05) is 0 Å². The number of nitrogens with two attached hydrogens (primary N) is 2. The van der Waals surface area contributed by atoms with Crippen LogP contribution in [0.15, 0.2) is 12.5 Å². The summed E-state index contributed by atoms with van der Waals surface area (Å²) in [5.74, 6) is -0.534. The van der Waals surface area contributed by atoms with Crippen LogP contribution < -0.4 is 16.8 Å². The van der Waals surface area contributed by atoms with Crippen LogP contribution in [0.4, 0.5) is 5.69 Å². The zero-order chi connectivity index (χ0) is 16.0. The van der Waals surface area contributed by atoms with Gasteiger partial charge in [-0.1, -0.05) is 24.4 Å². The summed E-state index contributed by atoms with van der Waals surface area (Å²) in [5.41, 5.74) is 11.3. The number of aromatic nitrogens is 2. The van der Waals surface area contributed by atoms with E-state index in [4.69, 9.17) is 35.9 Å². The molecule has 0 saturated heterocycles. The van der Waals surface area contributed by atoms with E-state index in [1.807, 2.05) is 0 Å². The Balaban J connectivity index is 3.01. The third kappa shape index (κ3) is 4.62. The monoisotopic (exact) mass is 328 g/mol. The molecule has 0 aromatic carbocycles. The minimum absolute atomic E-state index is 0.134. The second-order valence-electron chi connectivity index (χ2n) is 4.33. The van der Waals surface area contributed by atoms with Gasteiger partial charge in [0.05, 0.1) is 26.9 Å². The van der Waals surface area contributed by atoms with Gasteiger partial charge in [0.1, 0.15) is 18.2 Å². The number of nitrogens with zero attached hydrogens (tertiary/aromatic N) is 3. The van der Waals surface area contributed by atoms with Gasteiger partial charge in [0.15, 0.2) is 0 Å². The van der Waals surface area contributed by atoms with Crippen molar-refractivity contribution in [3.63, 3.8) is 0 Å². The molecule has 1 rings (SSSR count). The first-order chi connectivity index (χ1) is 9.88. The van der Waals surface area contributed by atoms with Crippen LogP contribution in [0.1, 0.15) is 24.5 Å². The molecule has 2 atom stereocenters. The quantitative estimate of drug-likeness (QED) is 0.352. The van der Waals surface area contributed by atoms with E-state index in [0.29, 0.717) is 17.8 Å². The summed E-state index contributed by atoms with van der Waals surface area (Å²) in [7, 11) is 1.73. The van der Waals surface area contributed by atoms with E-state index in [0.717, 1.165) is 6.20 Å². The van der Waals surface area contributed by atoms with E-state index in [1.54, 1.807) is 7.05 Å². The van der Waals surface area contributed by atoms with Gasteiger partial charge in [0.2, 0.25) is 0 Å². The van der Waals surface area contributed by atoms with Crippen LogP contribution in [0.25, 0.3) is 0 Å². The summed E-state index contributed by atoms with van der Waals surface area (Å²) in [4.78, 5) is 18.6. The largest absolute Gasteiger partial charge is 0.393 e. The highest BCUT2D eigenvalue weighted by molar-refractivity contribution is 7.80. The van der Waals surface area contributed by atoms with Gasteiger partial charge in [-0.15, -0.1) is 0 Å². The Labute approximate surface area is 132 Å². The first-order valence-electron chi connectivity index (χ1n) is 6.08. The average molecular weight is 328 g/mol.